The molecule has 0 radical (unpaired) electrons. The Hall–Kier alpha value is -2.09. The van der Waals surface area contributed by atoms with E-state index < -0.39 is 0 Å². The summed E-state index contributed by atoms with van der Waals surface area (Å²) >= 11 is 0. The van der Waals surface area contributed by atoms with Crippen LogP contribution in [0.15, 0.2) is 30.5 Å². The van der Waals surface area contributed by atoms with E-state index >= 15 is 0 Å². The second-order valence-electron chi connectivity index (χ2n) is 5.89. The molecular formula is C17H23ClN4O3. The fourth-order valence-corrected chi connectivity index (χ4v) is 2.88. The van der Waals surface area contributed by atoms with Gasteiger partial charge in [-0.3, -0.25) is 9.59 Å². The summed E-state index contributed by atoms with van der Waals surface area (Å²) in [6.45, 7) is 3.40. The third-order valence-electron chi connectivity index (χ3n) is 4.23. The zero-order chi connectivity index (χ0) is 17.1. The first-order valence-electron chi connectivity index (χ1n) is 8.04. The maximum Gasteiger partial charge on any atom is 0.244 e. The van der Waals surface area contributed by atoms with Crippen molar-refractivity contribution in [1.82, 2.24) is 15.2 Å². The molecule has 0 aliphatic carbocycles. The number of rotatable bonds is 4. The summed E-state index contributed by atoms with van der Waals surface area (Å²) in [5, 5.41) is 9.72. The SMILES string of the molecule is CNC(=O)Cn1ccc2ccc(NC(=O)[C@H]3NCCO[C@@H]3C)cc21.Cl. The normalized spacial score (nSPS) is 19.9. The largest absolute Gasteiger partial charge is 0.375 e. The van der Waals surface area contributed by atoms with Crippen molar-refractivity contribution in [2.45, 2.75) is 25.6 Å². The Morgan fingerprint density at radius 2 is 2.16 bits per heavy atom. The number of anilines is 1. The topological polar surface area (TPSA) is 84.4 Å². The average Bonchev–Trinajstić information content (AvgIpc) is 2.97. The summed E-state index contributed by atoms with van der Waals surface area (Å²) in [7, 11) is 1.61. The van der Waals surface area contributed by atoms with E-state index in [0.717, 1.165) is 10.9 Å². The van der Waals surface area contributed by atoms with Gasteiger partial charge in [0.1, 0.15) is 12.6 Å². The lowest BCUT2D eigenvalue weighted by molar-refractivity contribution is -0.124. The number of ether oxygens (including phenoxy) is 1. The van der Waals surface area contributed by atoms with Crippen molar-refractivity contribution in [3.63, 3.8) is 0 Å². The first-order chi connectivity index (χ1) is 11.6. The van der Waals surface area contributed by atoms with Crippen LogP contribution in [0.2, 0.25) is 0 Å². The molecule has 1 aliphatic rings. The third kappa shape index (κ3) is 4.31. The summed E-state index contributed by atoms with van der Waals surface area (Å²) in [6, 6.07) is 7.25. The van der Waals surface area contributed by atoms with Crippen LogP contribution in [-0.2, 0) is 20.9 Å². The van der Waals surface area contributed by atoms with Gasteiger partial charge in [-0.25, -0.2) is 0 Å². The maximum atomic E-state index is 12.4. The number of carbonyl (C=O) groups excluding carboxylic acids is 2. The molecule has 0 saturated carbocycles. The van der Waals surface area contributed by atoms with Crippen molar-refractivity contribution in [2.24, 2.45) is 0 Å². The van der Waals surface area contributed by atoms with E-state index in [2.05, 4.69) is 16.0 Å². The summed E-state index contributed by atoms with van der Waals surface area (Å²) < 4.78 is 7.37. The van der Waals surface area contributed by atoms with Gasteiger partial charge < -0.3 is 25.3 Å². The molecule has 1 saturated heterocycles. The summed E-state index contributed by atoms with van der Waals surface area (Å²) in [6.07, 6.45) is 1.70. The van der Waals surface area contributed by atoms with Crippen LogP contribution >= 0.6 is 12.4 Å². The zero-order valence-corrected chi connectivity index (χ0v) is 15.1. The maximum absolute atomic E-state index is 12.4. The number of halogens is 1. The molecule has 2 aromatic rings. The minimum absolute atomic E-state index is 0. The van der Waals surface area contributed by atoms with Crippen molar-refractivity contribution < 1.29 is 14.3 Å². The van der Waals surface area contributed by atoms with E-state index in [4.69, 9.17) is 4.74 Å². The highest BCUT2D eigenvalue weighted by Crippen LogP contribution is 2.21. The van der Waals surface area contributed by atoms with Crippen LogP contribution in [0.4, 0.5) is 5.69 Å². The summed E-state index contributed by atoms with van der Waals surface area (Å²) in [5.74, 6) is -0.190. The van der Waals surface area contributed by atoms with E-state index in [1.165, 1.54) is 0 Å². The van der Waals surface area contributed by atoms with Crippen molar-refractivity contribution in [2.75, 3.05) is 25.5 Å². The van der Waals surface area contributed by atoms with E-state index in [9.17, 15) is 9.59 Å². The second-order valence-corrected chi connectivity index (χ2v) is 5.89. The number of hydrogen-bond donors (Lipinski definition) is 3. The lowest BCUT2D eigenvalue weighted by atomic mass is 10.1. The first-order valence-corrected chi connectivity index (χ1v) is 8.04. The molecule has 0 spiro atoms. The number of hydrogen-bond acceptors (Lipinski definition) is 4. The van der Waals surface area contributed by atoms with Gasteiger partial charge in [0.05, 0.1) is 18.2 Å². The molecule has 25 heavy (non-hydrogen) atoms. The molecule has 1 aliphatic heterocycles. The van der Waals surface area contributed by atoms with Gasteiger partial charge >= 0.3 is 0 Å². The van der Waals surface area contributed by atoms with Gasteiger partial charge in [0.25, 0.3) is 0 Å². The lowest BCUT2D eigenvalue weighted by Crippen LogP contribution is -2.53. The molecule has 1 aromatic heterocycles. The Labute approximate surface area is 152 Å². The molecule has 136 valence electrons. The van der Waals surface area contributed by atoms with Crippen LogP contribution in [0, 0.1) is 0 Å². The number of likely N-dealkylation sites (N-methyl/N-ethyl adjacent to an activating group) is 1. The Bertz CT molecular complexity index is 761. The van der Waals surface area contributed by atoms with Crippen molar-refractivity contribution in [1.29, 1.82) is 0 Å². The Morgan fingerprint density at radius 3 is 2.88 bits per heavy atom. The minimum Gasteiger partial charge on any atom is -0.375 e. The molecule has 2 atom stereocenters. The number of nitrogens with one attached hydrogen (secondary N) is 3. The molecule has 3 N–H and O–H groups in total. The quantitative estimate of drug-likeness (QED) is 0.757. The van der Waals surface area contributed by atoms with E-state index in [1.807, 2.05) is 42.0 Å². The molecule has 3 rings (SSSR count). The van der Waals surface area contributed by atoms with E-state index in [1.54, 1.807) is 7.05 Å². The Morgan fingerprint density at radius 1 is 1.36 bits per heavy atom. The van der Waals surface area contributed by atoms with Gasteiger partial charge in [-0.15, -0.1) is 12.4 Å². The summed E-state index contributed by atoms with van der Waals surface area (Å²) in [5.41, 5.74) is 1.60. The van der Waals surface area contributed by atoms with Gasteiger partial charge in [-0.2, -0.15) is 0 Å². The number of carbonyl (C=O) groups is 2. The van der Waals surface area contributed by atoms with Crippen LogP contribution in [0.5, 0.6) is 0 Å². The van der Waals surface area contributed by atoms with Gasteiger partial charge in [-0.1, -0.05) is 6.07 Å². The fourth-order valence-electron chi connectivity index (χ4n) is 2.88. The molecular weight excluding hydrogens is 344 g/mol. The van der Waals surface area contributed by atoms with Crippen LogP contribution in [0.3, 0.4) is 0 Å². The van der Waals surface area contributed by atoms with Gasteiger partial charge in [0, 0.05) is 25.5 Å². The van der Waals surface area contributed by atoms with Crippen molar-refractivity contribution >= 4 is 40.8 Å². The lowest BCUT2D eigenvalue weighted by Gasteiger charge is -2.29. The standard InChI is InChI=1S/C17H22N4O3.ClH/c1-11-16(19-6-8-24-11)17(23)20-13-4-3-12-5-7-21(14(12)9-13)10-15(22)18-2;/h3-5,7,9,11,16,19H,6,8,10H2,1-2H3,(H,18,22)(H,20,23);1H/t11-,16+;/m1./s1. The Kier molecular flexibility index (Phi) is 6.41. The van der Waals surface area contributed by atoms with Crippen LogP contribution in [-0.4, -0.2) is 48.7 Å². The zero-order valence-electron chi connectivity index (χ0n) is 14.2. The van der Waals surface area contributed by atoms with Gasteiger partial charge in [0.15, 0.2) is 0 Å². The van der Waals surface area contributed by atoms with Gasteiger partial charge in [-0.05, 0) is 30.5 Å². The number of aromatic nitrogens is 1. The first kappa shape index (κ1) is 19.2. The molecule has 1 aromatic carbocycles. The molecule has 1 fully saturated rings. The third-order valence-corrected chi connectivity index (χ3v) is 4.23. The molecule has 0 unspecified atom stereocenters. The molecule has 2 amide bonds. The van der Waals surface area contributed by atoms with E-state index in [0.29, 0.717) is 18.8 Å². The number of morpholine rings is 1. The highest BCUT2D eigenvalue weighted by atomic mass is 35.5. The fraction of sp³-hybridized carbons (Fsp3) is 0.412. The van der Waals surface area contributed by atoms with Crippen LogP contribution in [0.25, 0.3) is 10.9 Å². The second kappa shape index (κ2) is 8.33. The predicted molar refractivity (Wildman–Crippen MR) is 99.1 cm³/mol. The molecule has 8 heteroatoms. The predicted octanol–water partition coefficient (Wildman–Crippen LogP) is 1.12. The van der Waals surface area contributed by atoms with Crippen LogP contribution < -0.4 is 16.0 Å². The molecule has 7 nitrogen and oxygen atoms in total. The van der Waals surface area contributed by atoms with Crippen molar-refractivity contribution in [3.05, 3.63) is 30.5 Å². The average molecular weight is 367 g/mol. The Balaban J connectivity index is 0.00000225. The number of nitrogens with zero attached hydrogens (tertiary/aromatic N) is 1. The van der Waals surface area contributed by atoms with Crippen molar-refractivity contribution in [3.8, 4) is 0 Å². The summed E-state index contributed by atoms with van der Waals surface area (Å²) in [4.78, 5) is 24.0. The van der Waals surface area contributed by atoms with E-state index in [-0.39, 0.29) is 42.9 Å². The number of benzene rings is 1. The molecule has 0 bridgehead atoms. The van der Waals surface area contributed by atoms with Crippen LogP contribution in [0.1, 0.15) is 6.92 Å². The molecule has 2 heterocycles. The monoisotopic (exact) mass is 366 g/mol. The number of amides is 2. The highest BCUT2D eigenvalue weighted by Gasteiger charge is 2.28. The van der Waals surface area contributed by atoms with Gasteiger partial charge in [0.2, 0.25) is 11.8 Å². The highest BCUT2D eigenvalue weighted by molar-refractivity contribution is 5.97. The minimum atomic E-state index is -0.368. The smallest absolute Gasteiger partial charge is 0.244 e. The number of fused-ring (bicyclic) bond motifs is 1.